The van der Waals surface area contributed by atoms with Crippen molar-refractivity contribution in [1.29, 1.82) is 0 Å². The van der Waals surface area contributed by atoms with Crippen molar-refractivity contribution in [1.82, 2.24) is 9.62 Å². The van der Waals surface area contributed by atoms with Gasteiger partial charge in [0.05, 0.1) is 24.2 Å². The second-order valence-electron chi connectivity index (χ2n) is 4.48. The summed E-state index contributed by atoms with van der Waals surface area (Å²) in [5.74, 6) is -0.448. The standard InChI is InChI=1S/C13H19N3O5S/c1-9(17)15-11-7-10(5-6-12(11)21-4)22(19,20)16(3)8-13(18)14-2/h5-7H,8H2,1-4H3,(H,14,18)(H,15,17). The van der Waals surface area contributed by atoms with Crippen LogP contribution in [0.25, 0.3) is 0 Å². The van der Waals surface area contributed by atoms with E-state index in [0.717, 1.165) is 4.31 Å². The van der Waals surface area contributed by atoms with Gasteiger partial charge in [-0.05, 0) is 18.2 Å². The molecule has 0 aromatic heterocycles. The molecule has 0 saturated heterocycles. The van der Waals surface area contributed by atoms with Gasteiger partial charge in [0.15, 0.2) is 0 Å². The molecule has 1 rings (SSSR count). The van der Waals surface area contributed by atoms with Gasteiger partial charge in [-0.3, -0.25) is 9.59 Å². The van der Waals surface area contributed by atoms with Crippen molar-refractivity contribution < 1.29 is 22.7 Å². The van der Waals surface area contributed by atoms with Gasteiger partial charge < -0.3 is 15.4 Å². The van der Waals surface area contributed by atoms with Crippen LogP contribution in [0.1, 0.15) is 6.92 Å². The van der Waals surface area contributed by atoms with E-state index in [1.807, 2.05) is 0 Å². The van der Waals surface area contributed by atoms with Gasteiger partial charge in [-0.15, -0.1) is 0 Å². The molecule has 0 saturated carbocycles. The number of ether oxygens (including phenoxy) is 1. The van der Waals surface area contributed by atoms with E-state index in [0.29, 0.717) is 5.75 Å². The first-order valence-corrected chi connectivity index (χ1v) is 7.79. The average molecular weight is 329 g/mol. The van der Waals surface area contributed by atoms with Crippen LogP contribution in [0.3, 0.4) is 0 Å². The fourth-order valence-electron chi connectivity index (χ4n) is 1.68. The van der Waals surface area contributed by atoms with E-state index in [-0.39, 0.29) is 23.0 Å². The Bertz CT molecular complexity index is 672. The molecule has 1 aromatic rings. The van der Waals surface area contributed by atoms with Crippen molar-refractivity contribution in [3.8, 4) is 5.75 Å². The summed E-state index contributed by atoms with van der Waals surface area (Å²) >= 11 is 0. The second kappa shape index (κ2) is 7.23. The summed E-state index contributed by atoms with van der Waals surface area (Å²) in [6, 6.07) is 4.07. The number of rotatable bonds is 6. The summed E-state index contributed by atoms with van der Waals surface area (Å²) in [7, 11) is 0.268. The highest BCUT2D eigenvalue weighted by molar-refractivity contribution is 7.89. The molecule has 0 atom stereocenters. The first kappa shape index (κ1) is 17.9. The molecule has 2 amide bonds. The van der Waals surface area contributed by atoms with E-state index in [9.17, 15) is 18.0 Å². The van der Waals surface area contributed by atoms with E-state index >= 15 is 0 Å². The number of carbonyl (C=O) groups is 2. The first-order chi connectivity index (χ1) is 10.2. The molecule has 0 unspecified atom stereocenters. The topological polar surface area (TPSA) is 105 Å². The Kier molecular flexibility index (Phi) is 5.89. The predicted octanol–water partition coefficient (Wildman–Crippen LogP) is 0.0201. The summed E-state index contributed by atoms with van der Waals surface area (Å²) in [6.07, 6.45) is 0. The van der Waals surface area contributed by atoms with Crippen LogP contribution in [-0.4, -0.2) is 52.3 Å². The fraction of sp³-hybridized carbons (Fsp3) is 0.385. The molecule has 0 heterocycles. The summed E-state index contributed by atoms with van der Waals surface area (Å²) < 4.78 is 30.8. The maximum atomic E-state index is 12.4. The number of likely N-dealkylation sites (N-methyl/N-ethyl adjacent to an activating group) is 2. The average Bonchev–Trinajstić information content (AvgIpc) is 2.46. The zero-order chi connectivity index (χ0) is 16.9. The number of benzene rings is 1. The Morgan fingerprint density at radius 2 is 1.95 bits per heavy atom. The highest BCUT2D eigenvalue weighted by atomic mass is 32.2. The van der Waals surface area contributed by atoms with Gasteiger partial charge >= 0.3 is 0 Å². The third-order valence-electron chi connectivity index (χ3n) is 2.83. The Labute approximate surface area is 129 Å². The van der Waals surface area contributed by atoms with Crippen LogP contribution >= 0.6 is 0 Å². The predicted molar refractivity (Wildman–Crippen MR) is 81.2 cm³/mol. The zero-order valence-corrected chi connectivity index (χ0v) is 13.7. The summed E-state index contributed by atoms with van der Waals surface area (Å²) in [6.45, 7) is 0.999. The number of hydrogen-bond donors (Lipinski definition) is 2. The number of anilines is 1. The van der Waals surface area contributed by atoms with Crippen LogP contribution in [0, 0.1) is 0 Å². The molecule has 1 aromatic carbocycles. The normalized spacial score (nSPS) is 11.1. The minimum absolute atomic E-state index is 0.0524. The fourth-order valence-corrected chi connectivity index (χ4v) is 2.83. The highest BCUT2D eigenvalue weighted by Crippen LogP contribution is 2.28. The van der Waals surface area contributed by atoms with Crippen LogP contribution in [0.4, 0.5) is 5.69 Å². The third-order valence-corrected chi connectivity index (χ3v) is 4.63. The molecule has 22 heavy (non-hydrogen) atoms. The largest absolute Gasteiger partial charge is 0.495 e. The molecule has 122 valence electrons. The minimum Gasteiger partial charge on any atom is -0.495 e. The van der Waals surface area contributed by atoms with E-state index in [2.05, 4.69) is 10.6 Å². The number of amides is 2. The number of hydrogen-bond acceptors (Lipinski definition) is 5. The molecule has 0 spiro atoms. The number of carbonyl (C=O) groups excluding carboxylic acids is 2. The number of methoxy groups -OCH3 is 1. The smallest absolute Gasteiger partial charge is 0.243 e. The van der Waals surface area contributed by atoms with Crippen LogP contribution in [-0.2, 0) is 19.6 Å². The van der Waals surface area contributed by atoms with E-state index in [4.69, 9.17) is 4.74 Å². The Morgan fingerprint density at radius 3 is 2.45 bits per heavy atom. The maximum absolute atomic E-state index is 12.4. The van der Waals surface area contributed by atoms with Gasteiger partial charge in [0.2, 0.25) is 21.8 Å². The van der Waals surface area contributed by atoms with Gasteiger partial charge in [0.1, 0.15) is 5.75 Å². The zero-order valence-electron chi connectivity index (χ0n) is 12.8. The molecule has 0 aliphatic heterocycles. The Balaban J connectivity index is 3.19. The molecule has 0 radical (unpaired) electrons. The van der Waals surface area contributed by atoms with Gasteiger partial charge in [-0.25, -0.2) is 8.42 Å². The highest BCUT2D eigenvalue weighted by Gasteiger charge is 2.24. The first-order valence-electron chi connectivity index (χ1n) is 6.35. The minimum atomic E-state index is -3.86. The van der Waals surface area contributed by atoms with Crippen molar-refractivity contribution >= 4 is 27.5 Å². The Morgan fingerprint density at radius 1 is 1.32 bits per heavy atom. The summed E-state index contributed by atoms with van der Waals surface area (Å²) in [5, 5.41) is 4.85. The monoisotopic (exact) mass is 329 g/mol. The lowest BCUT2D eigenvalue weighted by Gasteiger charge is -2.17. The van der Waals surface area contributed by atoms with Crippen molar-refractivity contribution in [2.24, 2.45) is 0 Å². The van der Waals surface area contributed by atoms with Crippen LogP contribution < -0.4 is 15.4 Å². The molecule has 0 bridgehead atoms. The van der Waals surface area contributed by atoms with Crippen molar-refractivity contribution in [2.45, 2.75) is 11.8 Å². The van der Waals surface area contributed by atoms with Gasteiger partial charge in [-0.1, -0.05) is 0 Å². The number of sulfonamides is 1. The molecule has 0 aliphatic rings. The number of nitrogens with zero attached hydrogens (tertiary/aromatic N) is 1. The van der Waals surface area contributed by atoms with Crippen LogP contribution in [0.5, 0.6) is 5.75 Å². The lowest BCUT2D eigenvalue weighted by atomic mass is 10.3. The summed E-state index contributed by atoms with van der Waals surface area (Å²) in [5.41, 5.74) is 0.240. The van der Waals surface area contributed by atoms with E-state index in [1.54, 1.807) is 0 Å². The molecular formula is C13H19N3O5S. The quantitative estimate of drug-likeness (QED) is 0.765. The summed E-state index contributed by atoms with van der Waals surface area (Å²) in [4.78, 5) is 22.4. The second-order valence-corrected chi connectivity index (χ2v) is 6.52. The van der Waals surface area contributed by atoms with Crippen molar-refractivity contribution in [3.05, 3.63) is 18.2 Å². The van der Waals surface area contributed by atoms with Gasteiger partial charge in [0.25, 0.3) is 0 Å². The van der Waals surface area contributed by atoms with Gasteiger partial charge in [0, 0.05) is 21.0 Å². The van der Waals surface area contributed by atoms with Crippen molar-refractivity contribution in [3.63, 3.8) is 0 Å². The van der Waals surface area contributed by atoms with Crippen LogP contribution in [0.15, 0.2) is 23.1 Å². The molecule has 0 fully saturated rings. The molecule has 9 heteroatoms. The third kappa shape index (κ3) is 4.18. The van der Waals surface area contributed by atoms with Crippen LogP contribution in [0.2, 0.25) is 0 Å². The molecular weight excluding hydrogens is 310 g/mol. The molecule has 8 nitrogen and oxygen atoms in total. The Hall–Kier alpha value is -2.13. The molecule has 2 N–H and O–H groups in total. The lowest BCUT2D eigenvalue weighted by molar-refractivity contribution is -0.120. The SMILES string of the molecule is CNC(=O)CN(C)S(=O)(=O)c1ccc(OC)c(NC(C)=O)c1. The number of nitrogens with one attached hydrogen (secondary N) is 2. The van der Waals surface area contributed by atoms with E-state index in [1.165, 1.54) is 46.3 Å². The molecule has 0 aliphatic carbocycles. The van der Waals surface area contributed by atoms with Crippen molar-refractivity contribution in [2.75, 3.05) is 33.1 Å². The maximum Gasteiger partial charge on any atom is 0.243 e. The lowest BCUT2D eigenvalue weighted by Crippen LogP contribution is -2.36. The van der Waals surface area contributed by atoms with E-state index < -0.39 is 15.9 Å². The van der Waals surface area contributed by atoms with Gasteiger partial charge in [-0.2, -0.15) is 4.31 Å².